The number of halogens is 2. The molecule has 0 saturated carbocycles. The Morgan fingerprint density at radius 1 is 1.09 bits per heavy atom. The molecule has 0 unspecified atom stereocenters. The first-order valence-corrected chi connectivity index (χ1v) is 8.15. The number of hydrogen-bond acceptors (Lipinski definition) is 4. The van der Waals surface area contributed by atoms with Crippen molar-refractivity contribution in [2.24, 2.45) is 5.10 Å². The highest BCUT2D eigenvalue weighted by Gasteiger charge is 2.09. The summed E-state index contributed by atoms with van der Waals surface area (Å²) in [5.41, 5.74) is 3.74. The molecule has 1 N–H and O–H groups in total. The molecule has 0 fully saturated rings. The second kappa shape index (κ2) is 8.12. The maximum absolute atomic E-state index is 12.1. The first kappa shape index (κ1) is 17.5. The minimum Gasteiger partial charge on any atom is -0.493 e. The molecule has 0 aliphatic carbocycles. The number of nitrogens with one attached hydrogen (secondary N) is 1. The molecule has 0 atom stereocenters. The summed E-state index contributed by atoms with van der Waals surface area (Å²) < 4.78 is 11.9. The molecule has 0 heterocycles. The Hall–Kier alpha value is -1.86. The molecule has 0 radical (unpaired) electrons. The Kier molecular flexibility index (Phi) is 6.18. The fourth-order valence-corrected chi connectivity index (χ4v) is 2.72. The quantitative estimate of drug-likeness (QED) is 0.563. The van der Waals surface area contributed by atoms with Crippen LogP contribution in [0.25, 0.3) is 0 Å². The summed E-state index contributed by atoms with van der Waals surface area (Å²) in [5.74, 6) is 0.883. The third-order valence-electron chi connectivity index (χ3n) is 2.99. The van der Waals surface area contributed by atoms with Crippen molar-refractivity contribution in [2.75, 3.05) is 14.2 Å². The van der Waals surface area contributed by atoms with Crippen molar-refractivity contribution in [3.8, 4) is 11.5 Å². The summed E-state index contributed by atoms with van der Waals surface area (Å²) >= 11 is 6.76. The van der Waals surface area contributed by atoms with E-state index in [4.69, 9.17) is 9.47 Å². The van der Waals surface area contributed by atoms with Gasteiger partial charge in [0, 0.05) is 14.5 Å². The van der Waals surface area contributed by atoms with Crippen LogP contribution in [-0.4, -0.2) is 26.3 Å². The third-order valence-corrected chi connectivity index (χ3v) is 4.37. The van der Waals surface area contributed by atoms with Gasteiger partial charge in [-0.25, -0.2) is 5.43 Å². The summed E-state index contributed by atoms with van der Waals surface area (Å²) in [5, 5.41) is 3.98. The molecule has 2 aromatic carbocycles. The van der Waals surface area contributed by atoms with Crippen molar-refractivity contribution in [3.05, 3.63) is 56.5 Å². The van der Waals surface area contributed by atoms with E-state index in [0.29, 0.717) is 21.5 Å². The van der Waals surface area contributed by atoms with E-state index in [0.717, 1.165) is 10.0 Å². The normalized spacial score (nSPS) is 10.6. The smallest absolute Gasteiger partial charge is 0.272 e. The number of ether oxygens (including phenoxy) is 2. The molecule has 2 aromatic rings. The van der Waals surface area contributed by atoms with Crippen LogP contribution in [0.1, 0.15) is 15.9 Å². The molecule has 0 spiro atoms. The second-order valence-corrected chi connectivity index (χ2v) is 6.12. The van der Waals surface area contributed by atoms with Gasteiger partial charge in [0.2, 0.25) is 0 Å². The highest BCUT2D eigenvalue weighted by atomic mass is 79.9. The van der Waals surface area contributed by atoms with Gasteiger partial charge in [-0.3, -0.25) is 4.79 Å². The second-order valence-electron chi connectivity index (χ2n) is 4.41. The van der Waals surface area contributed by atoms with E-state index < -0.39 is 0 Å². The predicted octanol–water partition coefficient (Wildman–Crippen LogP) is 3.99. The van der Waals surface area contributed by atoms with E-state index in [2.05, 4.69) is 42.4 Å². The Morgan fingerprint density at radius 3 is 2.39 bits per heavy atom. The van der Waals surface area contributed by atoms with Gasteiger partial charge in [-0.15, -0.1) is 0 Å². The van der Waals surface area contributed by atoms with E-state index in [1.807, 2.05) is 6.07 Å². The number of amides is 1. The molecule has 1 amide bonds. The van der Waals surface area contributed by atoms with Crippen molar-refractivity contribution in [1.29, 1.82) is 0 Å². The topological polar surface area (TPSA) is 59.9 Å². The van der Waals surface area contributed by atoms with Crippen molar-refractivity contribution in [3.63, 3.8) is 0 Å². The first-order valence-electron chi connectivity index (χ1n) is 6.56. The third kappa shape index (κ3) is 4.33. The van der Waals surface area contributed by atoms with Gasteiger partial charge in [-0.2, -0.15) is 5.10 Å². The van der Waals surface area contributed by atoms with Gasteiger partial charge in [0.25, 0.3) is 5.91 Å². The SMILES string of the molecule is COc1cc(Br)c(/C=N\NC(=O)c2ccccc2Br)cc1OC. The van der Waals surface area contributed by atoms with Gasteiger partial charge in [0.05, 0.1) is 26.0 Å². The summed E-state index contributed by atoms with van der Waals surface area (Å²) in [6, 6.07) is 10.7. The lowest BCUT2D eigenvalue weighted by Crippen LogP contribution is -2.18. The number of nitrogens with zero attached hydrogens (tertiary/aromatic N) is 1. The Bertz CT molecular complexity index is 748. The Morgan fingerprint density at radius 2 is 1.74 bits per heavy atom. The molecular weight excluding hydrogens is 428 g/mol. The number of hydrazone groups is 1. The van der Waals surface area contributed by atoms with Crippen LogP contribution in [0.2, 0.25) is 0 Å². The van der Waals surface area contributed by atoms with Gasteiger partial charge in [-0.05, 0) is 56.1 Å². The van der Waals surface area contributed by atoms with E-state index in [9.17, 15) is 4.79 Å². The van der Waals surface area contributed by atoms with E-state index in [1.165, 1.54) is 6.21 Å². The van der Waals surface area contributed by atoms with Gasteiger partial charge in [0.15, 0.2) is 11.5 Å². The van der Waals surface area contributed by atoms with Crippen LogP contribution < -0.4 is 14.9 Å². The zero-order valence-electron chi connectivity index (χ0n) is 12.5. The molecule has 23 heavy (non-hydrogen) atoms. The molecule has 120 valence electrons. The highest BCUT2D eigenvalue weighted by Crippen LogP contribution is 2.32. The molecular formula is C16H14Br2N2O3. The fourth-order valence-electron chi connectivity index (χ4n) is 1.83. The molecule has 5 nitrogen and oxygen atoms in total. The van der Waals surface area contributed by atoms with Crippen molar-refractivity contribution in [2.45, 2.75) is 0 Å². The fraction of sp³-hybridized carbons (Fsp3) is 0.125. The predicted molar refractivity (Wildman–Crippen MR) is 96.4 cm³/mol. The zero-order valence-corrected chi connectivity index (χ0v) is 15.6. The van der Waals surface area contributed by atoms with Crippen LogP contribution >= 0.6 is 31.9 Å². The number of carbonyl (C=O) groups is 1. The molecule has 0 aliphatic rings. The number of benzene rings is 2. The molecule has 7 heteroatoms. The number of carbonyl (C=O) groups excluding carboxylic acids is 1. The lowest BCUT2D eigenvalue weighted by Gasteiger charge is -2.09. The average Bonchev–Trinajstić information content (AvgIpc) is 2.56. The lowest BCUT2D eigenvalue weighted by molar-refractivity contribution is 0.0954. The van der Waals surface area contributed by atoms with Gasteiger partial charge < -0.3 is 9.47 Å². The maximum atomic E-state index is 12.1. The van der Waals surface area contributed by atoms with Crippen LogP contribution in [0.4, 0.5) is 0 Å². The first-order chi connectivity index (χ1) is 11.1. The van der Waals surface area contributed by atoms with Gasteiger partial charge in [0.1, 0.15) is 0 Å². The van der Waals surface area contributed by atoms with Crippen molar-refractivity contribution in [1.82, 2.24) is 5.43 Å². The monoisotopic (exact) mass is 440 g/mol. The van der Waals surface area contributed by atoms with E-state index in [1.54, 1.807) is 44.6 Å². The van der Waals surface area contributed by atoms with E-state index in [-0.39, 0.29) is 5.91 Å². The Balaban J connectivity index is 2.15. The number of hydrogen-bond donors (Lipinski definition) is 1. The number of methoxy groups -OCH3 is 2. The zero-order chi connectivity index (χ0) is 16.8. The highest BCUT2D eigenvalue weighted by molar-refractivity contribution is 9.10. The van der Waals surface area contributed by atoms with Crippen LogP contribution in [0.15, 0.2) is 50.4 Å². The summed E-state index contributed by atoms with van der Waals surface area (Å²) in [6.45, 7) is 0. The lowest BCUT2D eigenvalue weighted by atomic mass is 10.2. The molecule has 0 aromatic heterocycles. The van der Waals surface area contributed by atoms with Crippen molar-refractivity contribution >= 4 is 44.0 Å². The summed E-state index contributed by atoms with van der Waals surface area (Å²) in [7, 11) is 3.12. The van der Waals surface area contributed by atoms with Crippen LogP contribution in [0.3, 0.4) is 0 Å². The standard InChI is InChI=1S/C16H14Br2N2O3/c1-22-14-7-10(13(18)8-15(14)23-2)9-19-20-16(21)11-5-3-4-6-12(11)17/h3-9H,1-2H3,(H,20,21)/b19-9-. The van der Waals surface area contributed by atoms with Gasteiger partial charge in [-0.1, -0.05) is 12.1 Å². The largest absolute Gasteiger partial charge is 0.493 e. The van der Waals surface area contributed by atoms with Crippen LogP contribution in [-0.2, 0) is 0 Å². The van der Waals surface area contributed by atoms with Crippen molar-refractivity contribution < 1.29 is 14.3 Å². The van der Waals surface area contributed by atoms with Gasteiger partial charge >= 0.3 is 0 Å². The average molecular weight is 442 g/mol. The molecule has 0 aliphatic heterocycles. The summed E-state index contributed by atoms with van der Waals surface area (Å²) in [4.78, 5) is 12.1. The minimum absolute atomic E-state index is 0.301. The maximum Gasteiger partial charge on any atom is 0.272 e. The molecule has 0 bridgehead atoms. The molecule has 0 saturated heterocycles. The summed E-state index contributed by atoms with van der Waals surface area (Å²) in [6.07, 6.45) is 1.53. The number of rotatable bonds is 5. The Labute approximate surface area is 150 Å². The minimum atomic E-state index is -0.301. The van der Waals surface area contributed by atoms with Crippen LogP contribution in [0, 0.1) is 0 Å². The molecule has 2 rings (SSSR count). The van der Waals surface area contributed by atoms with E-state index >= 15 is 0 Å². The van der Waals surface area contributed by atoms with Crippen LogP contribution in [0.5, 0.6) is 11.5 Å².